The van der Waals surface area contributed by atoms with Crippen LogP contribution in [-0.4, -0.2) is 60.5 Å². The summed E-state index contributed by atoms with van der Waals surface area (Å²) in [5.74, 6) is -0.924. The summed E-state index contributed by atoms with van der Waals surface area (Å²) < 4.78 is 38.3. The third-order valence-corrected chi connectivity index (χ3v) is 5.54. The Bertz CT molecular complexity index is 499. The highest BCUT2D eigenvalue weighted by Crippen LogP contribution is 2.33. The van der Waals surface area contributed by atoms with Crippen molar-refractivity contribution in [2.45, 2.75) is 51.6 Å². The van der Waals surface area contributed by atoms with Crippen LogP contribution in [0.1, 0.15) is 45.4 Å². The fourth-order valence-electron chi connectivity index (χ4n) is 4.27. The molecule has 0 aromatic rings. The van der Waals surface area contributed by atoms with Gasteiger partial charge in [0.25, 0.3) is 0 Å². The topological polar surface area (TPSA) is 66.6 Å². The molecule has 5 nitrogen and oxygen atoms in total. The van der Waals surface area contributed by atoms with Gasteiger partial charge in [0, 0.05) is 25.6 Å². The number of alkyl halides is 3. The molecular formula is C18H30F3N3O2. The molecule has 2 fully saturated rings. The second-order valence-electron chi connectivity index (χ2n) is 7.53. The monoisotopic (exact) mass is 377 g/mol. The van der Waals surface area contributed by atoms with E-state index in [1.54, 1.807) is 11.8 Å². The molecule has 1 heterocycles. The lowest BCUT2D eigenvalue weighted by Crippen LogP contribution is -2.50. The summed E-state index contributed by atoms with van der Waals surface area (Å²) in [6, 6.07) is 0. The quantitative estimate of drug-likeness (QED) is 0.773. The maximum Gasteiger partial charge on any atom is 0.406 e. The molecule has 2 aliphatic rings. The lowest BCUT2D eigenvalue weighted by Gasteiger charge is -2.37. The molecule has 150 valence electrons. The minimum absolute atomic E-state index is 0.0216. The van der Waals surface area contributed by atoms with Gasteiger partial charge in [0.2, 0.25) is 11.8 Å². The molecule has 0 bridgehead atoms. The van der Waals surface area contributed by atoms with Crippen LogP contribution in [0.5, 0.6) is 0 Å². The van der Waals surface area contributed by atoms with Crippen LogP contribution in [0.15, 0.2) is 0 Å². The van der Waals surface area contributed by atoms with Gasteiger partial charge >= 0.3 is 6.18 Å². The van der Waals surface area contributed by atoms with Crippen molar-refractivity contribution >= 4 is 11.8 Å². The van der Waals surface area contributed by atoms with Gasteiger partial charge in [0.05, 0.1) is 5.92 Å². The van der Waals surface area contributed by atoms with Crippen molar-refractivity contribution < 1.29 is 22.8 Å². The fraction of sp³-hybridized carbons (Fsp3) is 0.889. The largest absolute Gasteiger partial charge is 0.406 e. The highest BCUT2D eigenvalue weighted by atomic mass is 19.4. The summed E-state index contributed by atoms with van der Waals surface area (Å²) in [6.45, 7) is 1.89. The number of halogens is 3. The Kier molecular flexibility index (Phi) is 7.32. The van der Waals surface area contributed by atoms with E-state index in [1.165, 1.54) is 0 Å². The molecule has 1 saturated heterocycles. The van der Waals surface area contributed by atoms with Crippen LogP contribution in [0.2, 0.25) is 0 Å². The number of rotatable bonds is 6. The molecule has 2 N–H and O–H groups in total. The highest BCUT2D eigenvalue weighted by Gasteiger charge is 2.39. The number of carbonyl (C=O) groups is 2. The van der Waals surface area contributed by atoms with E-state index in [0.717, 1.165) is 24.2 Å². The summed E-state index contributed by atoms with van der Waals surface area (Å²) in [7, 11) is 0. The number of hydrogen-bond acceptors (Lipinski definition) is 3. The van der Waals surface area contributed by atoms with E-state index in [9.17, 15) is 22.8 Å². The lowest BCUT2D eigenvalue weighted by atomic mass is 9.91. The minimum Gasteiger partial charge on any atom is -0.342 e. The second-order valence-corrected chi connectivity index (χ2v) is 7.53. The molecule has 1 aliphatic carbocycles. The molecule has 0 radical (unpaired) electrons. The third-order valence-electron chi connectivity index (χ3n) is 5.54. The van der Waals surface area contributed by atoms with E-state index in [-0.39, 0.29) is 30.8 Å². The normalized spacial score (nSPS) is 26.8. The first-order chi connectivity index (χ1) is 12.3. The van der Waals surface area contributed by atoms with E-state index in [0.29, 0.717) is 32.4 Å². The van der Waals surface area contributed by atoms with Gasteiger partial charge in [0.1, 0.15) is 6.54 Å². The smallest absolute Gasteiger partial charge is 0.342 e. The lowest BCUT2D eigenvalue weighted by molar-refractivity contribution is -0.165. The standard InChI is InChI=1S/C18H30F3N3O2/c1-2-8-24(12-18(19,20)21)16(25)14-6-4-9-23(11-14)17(26)15-7-3-5-13(15)10-22/h13-15H,2-12,22H2,1H3/t13-,14?,15-/m1/s1. The zero-order valence-corrected chi connectivity index (χ0v) is 15.4. The summed E-state index contributed by atoms with van der Waals surface area (Å²) in [5, 5.41) is 0. The number of nitrogens with two attached hydrogens (primary N) is 1. The van der Waals surface area contributed by atoms with Crippen molar-refractivity contribution in [3.8, 4) is 0 Å². The SMILES string of the molecule is CCCN(CC(F)(F)F)C(=O)C1CCCN(C(=O)[C@@H]2CCC[C@@H]2CN)C1. The molecule has 1 aliphatic heterocycles. The van der Waals surface area contributed by atoms with Crippen LogP contribution in [0, 0.1) is 17.8 Å². The number of carbonyl (C=O) groups excluding carboxylic acids is 2. The Morgan fingerprint density at radius 1 is 1.19 bits per heavy atom. The summed E-state index contributed by atoms with van der Waals surface area (Å²) >= 11 is 0. The Hall–Kier alpha value is -1.31. The molecule has 8 heteroatoms. The first-order valence-corrected chi connectivity index (χ1v) is 9.61. The van der Waals surface area contributed by atoms with Crippen molar-refractivity contribution in [2.75, 3.05) is 32.7 Å². The summed E-state index contributed by atoms with van der Waals surface area (Å²) in [4.78, 5) is 28.1. The van der Waals surface area contributed by atoms with E-state index >= 15 is 0 Å². The zero-order valence-electron chi connectivity index (χ0n) is 15.4. The van der Waals surface area contributed by atoms with Crippen molar-refractivity contribution in [3.05, 3.63) is 0 Å². The van der Waals surface area contributed by atoms with E-state index in [4.69, 9.17) is 5.73 Å². The average Bonchev–Trinajstić information content (AvgIpc) is 3.07. The maximum atomic E-state index is 12.8. The number of likely N-dealkylation sites (tertiary alicyclic amines) is 1. The van der Waals surface area contributed by atoms with Crippen LogP contribution in [0.3, 0.4) is 0 Å². The second kappa shape index (κ2) is 9.06. The van der Waals surface area contributed by atoms with Crippen LogP contribution in [-0.2, 0) is 9.59 Å². The van der Waals surface area contributed by atoms with Gasteiger partial charge in [-0.25, -0.2) is 0 Å². The molecule has 0 aromatic carbocycles. The minimum atomic E-state index is -4.41. The van der Waals surface area contributed by atoms with Gasteiger partial charge in [0.15, 0.2) is 0 Å². The van der Waals surface area contributed by atoms with E-state index in [2.05, 4.69) is 0 Å². The van der Waals surface area contributed by atoms with E-state index in [1.807, 2.05) is 0 Å². The Balaban J connectivity index is 2.01. The molecule has 1 saturated carbocycles. The number of amides is 2. The van der Waals surface area contributed by atoms with Crippen LogP contribution < -0.4 is 5.73 Å². The van der Waals surface area contributed by atoms with Gasteiger partial charge < -0.3 is 15.5 Å². The molecule has 26 heavy (non-hydrogen) atoms. The van der Waals surface area contributed by atoms with Gasteiger partial charge in [-0.3, -0.25) is 9.59 Å². The predicted octanol–water partition coefficient (Wildman–Crippen LogP) is 2.40. The Labute approximate surface area is 153 Å². The van der Waals surface area contributed by atoms with Crippen LogP contribution in [0.4, 0.5) is 13.2 Å². The van der Waals surface area contributed by atoms with Crippen molar-refractivity contribution in [2.24, 2.45) is 23.5 Å². The third kappa shape index (κ3) is 5.34. The molecule has 0 aromatic heterocycles. The van der Waals surface area contributed by atoms with Crippen LogP contribution >= 0.6 is 0 Å². The zero-order chi connectivity index (χ0) is 19.3. The highest BCUT2D eigenvalue weighted by molar-refractivity contribution is 5.82. The number of nitrogens with zero attached hydrogens (tertiary/aromatic N) is 2. The summed E-state index contributed by atoms with van der Waals surface area (Å²) in [6.07, 6.45) is -0.0282. The average molecular weight is 377 g/mol. The fourth-order valence-corrected chi connectivity index (χ4v) is 4.27. The van der Waals surface area contributed by atoms with Gasteiger partial charge in [-0.15, -0.1) is 0 Å². The van der Waals surface area contributed by atoms with Crippen LogP contribution in [0.25, 0.3) is 0 Å². The molecule has 2 rings (SSSR count). The van der Waals surface area contributed by atoms with Gasteiger partial charge in [-0.1, -0.05) is 13.3 Å². The predicted molar refractivity (Wildman–Crippen MR) is 92.1 cm³/mol. The first-order valence-electron chi connectivity index (χ1n) is 9.61. The van der Waals surface area contributed by atoms with Crippen molar-refractivity contribution in [1.29, 1.82) is 0 Å². The maximum absolute atomic E-state index is 12.8. The summed E-state index contributed by atoms with van der Waals surface area (Å²) in [5.41, 5.74) is 5.76. The van der Waals surface area contributed by atoms with Gasteiger partial charge in [-0.2, -0.15) is 13.2 Å². The molecule has 1 unspecified atom stereocenters. The molecule has 2 amide bonds. The van der Waals surface area contributed by atoms with E-state index < -0.39 is 24.5 Å². The molecular weight excluding hydrogens is 347 g/mol. The Morgan fingerprint density at radius 3 is 2.54 bits per heavy atom. The first kappa shape index (κ1) is 21.0. The van der Waals surface area contributed by atoms with Gasteiger partial charge in [-0.05, 0) is 44.6 Å². The molecule has 3 atom stereocenters. The van der Waals surface area contributed by atoms with Crippen molar-refractivity contribution in [3.63, 3.8) is 0 Å². The van der Waals surface area contributed by atoms with Crippen molar-refractivity contribution in [1.82, 2.24) is 9.80 Å². The molecule has 0 spiro atoms. The Morgan fingerprint density at radius 2 is 1.92 bits per heavy atom. The number of piperidine rings is 1. The number of hydrogen-bond donors (Lipinski definition) is 1.